The molecule has 0 saturated heterocycles. The minimum atomic E-state index is -0.883. The van der Waals surface area contributed by atoms with Crippen molar-refractivity contribution in [2.75, 3.05) is 0 Å². The number of halogens is 2. The SMILES string of the molecule is Cc1ccc(OCc2ccc([N+](=O)[O-])c(F)c2)c(Cl)c1. The normalized spacial score (nSPS) is 10.3. The summed E-state index contributed by atoms with van der Waals surface area (Å²) in [5, 5.41) is 11.0. The van der Waals surface area contributed by atoms with Crippen LogP contribution in [0.4, 0.5) is 10.1 Å². The molecule has 0 fully saturated rings. The van der Waals surface area contributed by atoms with Crippen LogP contribution in [0.3, 0.4) is 0 Å². The molecule has 0 heterocycles. The van der Waals surface area contributed by atoms with E-state index in [4.69, 9.17) is 16.3 Å². The van der Waals surface area contributed by atoms with Gasteiger partial charge in [0.05, 0.1) is 9.95 Å². The number of hydrogen-bond acceptors (Lipinski definition) is 3. The summed E-state index contributed by atoms with van der Waals surface area (Å²) < 4.78 is 18.9. The number of nitro benzene ring substituents is 1. The Morgan fingerprint density at radius 2 is 2.05 bits per heavy atom. The molecule has 0 unspecified atom stereocenters. The Morgan fingerprint density at radius 1 is 1.30 bits per heavy atom. The lowest BCUT2D eigenvalue weighted by Gasteiger charge is -2.08. The molecular weight excluding hydrogens is 285 g/mol. The van der Waals surface area contributed by atoms with Crippen LogP contribution in [0.1, 0.15) is 11.1 Å². The van der Waals surface area contributed by atoms with Crippen LogP contribution in [0, 0.1) is 22.9 Å². The second-order valence-corrected chi connectivity index (χ2v) is 4.67. The minimum Gasteiger partial charge on any atom is -0.487 e. The molecule has 6 heteroatoms. The summed E-state index contributed by atoms with van der Waals surface area (Å²) in [6.07, 6.45) is 0. The van der Waals surface area contributed by atoms with Crippen LogP contribution in [-0.2, 0) is 6.61 Å². The highest BCUT2D eigenvalue weighted by atomic mass is 35.5. The summed E-state index contributed by atoms with van der Waals surface area (Å²) in [4.78, 5) is 9.74. The first-order chi connectivity index (χ1) is 9.47. The molecule has 0 amide bonds. The molecule has 2 aromatic rings. The van der Waals surface area contributed by atoms with Gasteiger partial charge in [0.1, 0.15) is 12.4 Å². The highest BCUT2D eigenvalue weighted by molar-refractivity contribution is 6.32. The van der Waals surface area contributed by atoms with E-state index >= 15 is 0 Å². The molecule has 0 bridgehead atoms. The topological polar surface area (TPSA) is 52.4 Å². The van der Waals surface area contributed by atoms with Gasteiger partial charge in [0.25, 0.3) is 0 Å². The molecule has 0 N–H and O–H groups in total. The zero-order valence-corrected chi connectivity index (χ0v) is 11.4. The number of nitro groups is 1. The van der Waals surface area contributed by atoms with Gasteiger partial charge in [-0.05, 0) is 42.3 Å². The predicted octanol–water partition coefficient (Wildman–Crippen LogP) is 4.27. The first-order valence-corrected chi connectivity index (χ1v) is 6.17. The minimum absolute atomic E-state index is 0.0810. The third-order valence-corrected chi connectivity index (χ3v) is 2.99. The van der Waals surface area contributed by atoms with Crippen LogP contribution in [0.15, 0.2) is 36.4 Å². The Morgan fingerprint density at radius 3 is 2.65 bits per heavy atom. The van der Waals surface area contributed by atoms with E-state index in [-0.39, 0.29) is 6.61 Å². The third kappa shape index (κ3) is 3.24. The van der Waals surface area contributed by atoms with Gasteiger partial charge >= 0.3 is 5.69 Å². The first kappa shape index (κ1) is 14.3. The van der Waals surface area contributed by atoms with E-state index in [0.29, 0.717) is 16.3 Å². The molecular formula is C14H11ClFNO3. The van der Waals surface area contributed by atoms with Crippen LogP contribution < -0.4 is 4.74 Å². The molecule has 0 radical (unpaired) electrons. The van der Waals surface area contributed by atoms with Gasteiger partial charge in [0.2, 0.25) is 5.82 Å². The molecule has 104 valence electrons. The largest absolute Gasteiger partial charge is 0.487 e. The van der Waals surface area contributed by atoms with E-state index in [1.54, 1.807) is 12.1 Å². The molecule has 0 saturated carbocycles. The van der Waals surface area contributed by atoms with E-state index in [9.17, 15) is 14.5 Å². The summed E-state index contributed by atoms with van der Waals surface area (Å²) in [6, 6.07) is 8.97. The van der Waals surface area contributed by atoms with Crippen LogP contribution in [0.25, 0.3) is 0 Å². The van der Waals surface area contributed by atoms with Gasteiger partial charge in [-0.25, -0.2) is 0 Å². The maximum atomic E-state index is 13.4. The van der Waals surface area contributed by atoms with Crippen molar-refractivity contribution < 1.29 is 14.1 Å². The number of benzene rings is 2. The molecule has 0 aliphatic heterocycles. The molecule has 4 nitrogen and oxygen atoms in total. The van der Waals surface area contributed by atoms with Gasteiger partial charge in [0, 0.05) is 6.07 Å². The second kappa shape index (κ2) is 5.88. The summed E-state index contributed by atoms with van der Waals surface area (Å²) >= 11 is 6.01. The Hall–Kier alpha value is -2.14. The first-order valence-electron chi connectivity index (χ1n) is 5.79. The summed E-state index contributed by atoms with van der Waals surface area (Å²) in [5.74, 6) is -0.401. The van der Waals surface area contributed by atoms with Crippen molar-refractivity contribution >= 4 is 17.3 Å². The molecule has 0 aliphatic rings. The van der Waals surface area contributed by atoms with Crippen LogP contribution in [0.2, 0.25) is 5.02 Å². The highest BCUT2D eigenvalue weighted by Crippen LogP contribution is 2.26. The number of rotatable bonds is 4. The number of aryl methyl sites for hydroxylation is 1. The Bertz CT molecular complexity index is 661. The summed E-state index contributed by atoms with van der Waals surface area (Å²) in [5.41, 5.74) is 0.940. The molecule has 20 heavy (non-hydrogen) atoms. The summed E-state index contributed by atoms with van der Waals surface area (Å²) in [6.45, 7) is 1.99. The fourth-order valence-corrected chi connectivity index (χ4v) is 1.96. The van der Waals surface area contributed by atoms with Crippen molar-refractivity contribution in [3.8, 4) is 5.75 Å². The third-order valence-electron chi connectivity index (χ3n) is 2.69. The van der Waals surface area contributed by atoms with Crippen LogP contribution in [0.5, 0.6) is 5.75 Å². The van der Waals surface area contributed by atoms with E-state index in [1.165, 1.54) is 6.07 Å². The smallest absolute Gasteiger partial charge is 0.304 e. The monoisotopic (exact) mass is 295 g/mol. The number of nitrogens with zero attached hydrogens (tertiary/aromatic N) is 1. The lowest BCUT2D eigenvalue weighted by atomic mass is 10.2. The average molecular weight is 296 g/mol. The molecule has 0 aliphatic carbocycles. The fourth-order valence-electron chi connectivity index (χ4n) is 1.67. The quantitative estimate of drug-likeness (QED) is 0.625. The van der Waals surface area contributed by atoms with Crippen molar-refractivity contribution in [1.82, 2.24) is 0 Å². The Labute approximate surface area is 119 Å². The standard InChI is InChI=1S/C14H11ClFNO3/c1-9-2-5-14(11(15)6-9)20-8-10-3-4-13(17(18)19)12(16)7-10/h2-7H,8H2,1H3. The Balaban J connectivity index is 2.11. The molecule has 2 aromatic carbocycles. The van der Waals surface area contributed by atoms with Crippen molar-refractivity contribution in [3.05, 3.63) is 68.5 Å². The maximum absolute atomic E-state index is 13.4. The molecule has 0 aromatic heterocycles. The van der Waals surface area contributed by atoms with E-state index in [1.807, 2.05) is 13.0 Å². The molecule has 0 atom stereocenters. The van der Waals surface area contributed by atoms with Crippen LogP contribution >= 0.6 is 11.6 Å². The second-order valence-electron chi connectivity index (χ2n) is 4.27. The van der Waals surface area contributed by atoms with Crippen molar-refractivity contribution in [2.45, 2.75) is 13.5 Å². The van der Waals surface area contributed by atoms with Crippen molar-refractivity contribution in [2.24, 2.45) is 0 Å². The highest BCUT2D eigenvalue weighted by Gasteiger charge is 2.14. The lowest BCUT2D eigenvalue weighted by molar-refractivity contribution is -0.387. The Kier molecular flexibility index (Phi) is 4.20. The number of hydrogen-bond donors (Lipinski definition) is 0. The van der Waals surface area contributed by atoms with Crippen molar-refractivity contribution in [1.29, 1.82) is 0 Å². The zero-order valence-electron chi connectivity index (χ0n) is 10.6. The lowest BCUT2D eigenvalue weighted by Crippen LogP contribution is -1.99. The van der Waals surface area contributed by atoms with E-state index in [0.717, 1.165) is 17.7 Å². The van der Waals surface area contributed by atoms with Crippen molar-refractivity contribution in [3.63, 3.8) is 0 Å². The average Bonchev–Trinajstić information content (AvgIpc) is 2.37. The van der Waals surface area contributed by atoms with Gasteiger partial charge in [-0.2, -0.15) is 4.39 Å². The van der Waals surface area contributed by atoms with E-state index < -0.39 is 16.4 Å². The predicted molar refractivity (Wildman–Crippen MR) is 73.6 cm³/mol. The van der Waals surface area contributed by atoms with E-state index in [2.05, 4.69) is 0 Å². The summed E-state index contributed by atoms with van der Waals surface area (Å²) in [7, 11) is 0. The number of ether oxygens (including phenoxy) is 1. The molecule has 2 rings (SSSR count). The fraction of sp³-hybridized carbons (Fsp3) is 0.143. The van der Waals surface area contributed by atoms with Gasteiger partial charge < -0.3 is 4.74 Å². The van der Waals surface area contributed by atoms with Gasteiger partial charge in [-0.3, -0.25) is 10.1 Å². The van der Waals surface area contributed by atoms with Gasteiger partial charge in [-0.15, -0.1) is 0 Å². The van der Waals surface area contributed by atoms with Gasteiger partial charge in [-0.1, -0.05) is 17.7 Å². The maximum Gasteiger partial charge on any atom is 0.304 e. The van der Waals surface area contributed by atoms with Crippen LogP contribution in [-0.4, -0.2) is 4.92 Å². The van der Waals surface area contributed by atoms with Gasteiger partial charge in [0.15, 0.2) is 0 Å². The zero-order chi connectivity index (χ0) is 14.7. The molecule has 0 spiro atoms.